The van der Waals surface area contributed by atoms with E-state index < -0.39 is 12.0 Å². The van der Waals surface area contributed by atoms with E-state index in [0.29, 0.717) is 17.9 Å². The van der Waals surface area contributed by atoms with Crippen LogP contribution in [0.15, 0.2) is 31.0 Å². The first-order chi connectivity index (χ1) is 13.5. The van der Waals surface area contributed by atoms with E-state index in [1.807, 2.05) is 10.7 Å². The fraction of sp³-hybridized carbons (Fsp3) is 0.474. The molecule has 0 aliphatic heterocycles. The summed E-state index contributed by atoms with van der Waals surface area (Å²) in [7, 11) is 0. The molecule has 1 atom stereocenters. The van der Waals surface area contributed by atoms with Gasteiger partial charge in [0.25, 0.3) is 5.91 Å². The molecule has 9 nitrogen and oxygen atoms in total. The van der Waals surface area contributed by atoms with Crippen LogP contribution < -0.4 is 5.73 Å². The van der Waals surface area contributed by atoms with Crippen molar-refractivity contribution in [1.82, 2.24) is 24.3 Å². The Hall–Kier alpha value is -2.78. The zero-order valence-corrected chi connectivity index (χ0v) is 15.7. The zero-order chi connectivity index (χ0) is 19.7. The van der Waals surface area contributed by atoms with Gasteiger partial charge in [-0.25, -0.2) is 9.97 Å². The number of fused-ring (bicyclic) bond motifs is 1. The summed E-state index contributed by atoms with van der Waals surface area (Å²) in [5.41, 5.74) is 6.52. The third-order valence-electron chi connectivity index (χ3n) is 5.12. The standard InChI is InChI=1S/C19H24N6O3/c1-12(26)10-28-15-4-2-14(3-5-15)25-18-13(9-22-25)8-16(23-17(18)19(20)27)24-7-6-21-11-24/h6-9,11-12,14-15,26H,2-5,10H2,1H3,(H2,20,27)/t12-,14?,15?/m1/s1. The van der Waals surface area contributed by atoms with Gasteiger partial charge >= 0.3 is 0 Å². The molecular weight excluding hydrogens is 360 g/mol. The maximum Gasteiger partial charge on any atom is 0.269 e. The smallest absolute Gasteiger partial charge is 0.269 e. The van der Waals surface area contributed by atoms with Gasteiger partial charge < -0.3 is 15.6 Å². The van der Waals surface area contributed by atoms with Crippen LogP contribution >= 0.6 is 0 Å². The minimum Gasteiger partial charge on any atom is -0.391 e. The lowest BCUT2D eigenvalue weighted by atomic mass is 9.93. The molecule has 4 rings (SSSR count). The number of pyridine rings is 1. The van der Waals surface area contributed by atoms with Crippen LogP contribution in [0.1, 0.15) is 49.1 Å². The van der Waals surface area contributed by atoms with Crippen LogP contribution in [0.4, 0.5) is 0 Å². The number of aliphatic hydroxyl groups is 1. The number of ether oxygens (including phenoxy) is 1. The predicted molar refractivity (Wildman–Crippen MR) is 102 cm³/mol. The summed E-state index contributed by atoms with van der Waals surface area (Å²) in [4.78, 5) is 20.6. The summed E-state index contributed by atoms with van der Waals surface area (Å²) in [5.74, 6) is -0.00347. The maximum absolute atomic E-state index is 12.1. The van der Waals surface area contributed by atoms with Crippen molar-refractivity contribution in [2.45, 2.75) is 50.9 Å². The topological polar surface area (TPSA) is 121 Å². The Morgan fingerprint density at radius 3 is 2.82 bits per heavy atom. The van der Waals surface area contributed by atoms with Crippen molar-refractivity contribution >= 4 is 16.8 Å². The molecule has 1 fully saturated rings. The highest BCUT2D eigenvalue weighted by atomic mass is 16.5. The number of hydrogen-bond acceptors (Lipinski definition) is 6. The van der Waals surface area contributed by atoms with Crippen LogP contribution in [-0.2, 0) is 4.74 Å². The Bertz CT molecular complexity index is 958. The van der Waals surface area contributed by atoms with Crippen molar-refractivity contribution < 1.29 is 14.6 Å². The van der Waals surface area contributed by atoms with E-state index in [1.54, 1.807) is 36.4 Å². The van der Waals surface area contributed by atoms with Crippen LogP contribution in [0.25, 0.3) is 16.7 Å². The van der Waals surface area contributed by atoms with Gasteiger partial charge in [0, 0.05) is 17.8 Å². The highest BCUT2D eigenvalue weighted by Crippen LogP contribution is 2.33. The summed E-state index contributed by atoms with van der Waals surface area (Å²) in [6, 6.07) is 2.03. The molecule has 1 saturated carbocycles. The Balaban J connectivity index is 1.61. The summed E-state index contributed by atoms with van der Waals surface area (Å²) < 4.78 is 9.35. The van der Waals surface area contributed by atoms with Gasteiger partial charge in [-0.2, -0.15) is 5.10 Å². The first kappa shape index (κ1) is 18.6. The van der Waals surface area contributed by atoms with Crippen molar-refractivity contribution in [3.8, 4) is 5.82 Å². The number of primary amides is 1. The van der Waals surface area contributed by atoms with Gasteiger partial charge in [-0.15, -0.1) is 0 Å². The number of hydrogen-bond donors (Lipinski definition) is 2. The molecule has 0 saturated heterocycles. The molecule has 3 heterocycles. The lowest BCUT2D eigenvalue weighted by Gasteiger charge is -2.29. The molecule has 0 aromatic carbocycles. The summed E-state index contributed by atoms with van der Waals surface area (Å²) in [6.07, 6.45) is 9.99. The van der Waals surface area contributed by atoms with Gasteiger partial charge in [0.15, 0.2) is 5.69 Å². The second-order valence-electron chi connectivity index (χ2n) is 7.30. The first-order valence-electron chi connectivity index (χ1n) is 9.49. The van der Waals surface area contributed by atoms with E-state index in [9.17, 15) is 9.90 Å². The van der Waals surface area contributed by atoms with Crippen LogP contribution in [0, 0.1) is 0 Å². The van der Waals surface area contributed by atoms with Crippen LogP contribution in [0.3, 0.4) is 0 Å². The number of carbonyl (C=O) groups is 1. The number of imidazole rings is 1. The molecule has 9 heteroatoms. The normalized spacial score (nSPS) is 21.1. The lowest BCUT2D eigenvalue weighted by Crippen LogP contribution is -2.27. The second-order valence-corrected chi connectivity index (χ2v) is 7.30. The fourth-order valence-corrected chi connectivity index (χ4v) is 3.77. The van der Waals surface area contributed by atoms with Gasteiger partial charge in [0.2, 0.25) is 0 Å². The average molecular weight is 384 g/mol. The van der Waals surface area contributed by atoms with Crippen LogP contribution in [0.5, 0.6) is 0 Å². The van der Waals surface area contributed by atoms with Gasteiger partial charge in [-0.05, 0) is 38.7 Å². The average Bonchev–Trinajstić information content (AvgIpc) is 3.35. The molecule has 0 spiro atoms. The highest BCUT2D eigenvalue weighted by molar-refractivity contribution is 6.03. The lowest BCUT2D eigenvalue weighted by molar-refractivity contribution is -0.0235. The molecule has 148 valence electrons. The maximum atomic E-state index is 12.1. The fourth-order valence-electron chi connectivity index (χ4n) is 3.77. The second kappa shape index (κ2) is 7.69. The largest absolute Gasteiger partial charge is 0.391 e. The van der Waals surface area contributed by atoms with Crippen molar-refractivity contribution in [1.29, 1.82) is 0 Å². The summed E-state index contributed by atoms with van der Waals surface area (Å²) >= 11 is 0. The van der Waals surface area contributed by atoms with E-state index in [2.05, 4.69) is 15.1 Å². The van der Waals surface area contributed by atoms with Crippen molar-refractivity contribution in [2.75, 3.05) is 6.61 Å². The number of aliphatic hydroxyl groups excluding tert-OH is 1. The molecule has 0 unspecified atom stereocenters. The highest BCUT2D eigenvalue weighted by Gasteiger charge is 2.27. The van der Waals surface area contributed by atoms with Gasteiger partial charge in [0.05, 0.1) is 31.1 Å². The Morgan fingerprint density at radius 2 is 2.18 bits per heavy atom. The van der Waals surface area contributed by atoms with Crippen molar-refractivity contribution in [3.63, 3.8) is 0 Å². The Labute approximate surface area is 162 Å². The third kappa shape index (κ3) is 3.63. The molecule has 1 amide bonds. The molecular formula is C19H24N6O3. The van der Waals surface area contributed by atoms with Gasteiger partial charge in [-0.1, -0.05) is 0 Å². The number of nitrogens with zero attached hydrogens (tertiary/aromatic N) is 5. The monoisotopic (exact) mass is 384 g/mol. The van der Waals surface area contributed by atoms with E-state index >= 15 is 0 Å². The summed E-state index contributed by atoms with van der Waals surface area (Å²) in [6.45, 7) is 2.07. The number of rotatable bonds is 6. The van der Waals surface area contributed by atoms with E-state index in [1.165, 1.54) is 0 Å². The van der Waals surface area contributed by atoms with Gasteiger partial charge in [0.1, 0.15) is 17.7 Å². The molecule has 28 heavy (non-hydrogen) atoms. The van der Waals surface area contributed by atoms with Crippen molar-refractivity contribution in [3.05, 3.63) is 36.7 Å². The number of amides is 1. The minimum atomic E-state index is -0.581. The summed E-state index contributed by atoms with van der Waals surface area (Å²) in [5, 5.41) is 14.7. The number of aromatic nitrogens is 5. The molecule has 1 aliphatic rings. The van der Waals surface area contributed by atoms with E-state index in [0.717, 1.165) is 31.1 Å². The molecule has 3 aromatic rings. The van der Waals surface area contributed by atoms with Crippen molar-refractivity contribution in [2.24, 2.45) is 5.73 Å². The molecule has 3 N–H and O–H groups in total. The SMILES string of the molecule is C[C@@H](O)COC1CCC(n2ncc3cc(-n4ccnc4)nc(C(N)=O)c32)CC1. The minimum absolute atomic E-state index is 0.147. The quantitative estimate of drug-likeness (QED) is 0.666. The van der Waals surface area contributed by atoms with Crippen LogP contribution in [-0.4, -0.2) is 54.1 Å². The first-order valence-corrected chi connectivity index (χ1v) is 9.49. The molecule has 0 bridgehead atoms. The molecule has 0 radical (unpaired) electrons. The molecule has 1 aliphatic carbocycles. The van der Waals surface area contributed by atoms with Crippen LogP contribution in [0.2, 0.25) is 0 Å². The Kier molecular flexibility index (Phi) is 5.10. The Morgan fingerprint density at radius 1 is 1.39 bits per heavy atom. The van der Waals surface area contributed by atoms with Gasteiger partial charge in [-0.3, -0.25) is 14.0 Å². The number of nitrogens with two attached hydrogens (primary N) is 1. The predicted octanol–water partition coefficient (Wildman–Crippen LogP) is 1.60. The van der Waals surface area contributed by atoms with E-state index in [4.69, 9.17) is 10.5 Å². The zero-order valence-electron chi connectivity index (χ0n) is 15.7. The molecule has 3 aromatic heterocycles. The number of carbonyl (C=O) groups excluding carboxylic acids is 1. The van der Waals surface area contributed by atoms with E-state index in [-0.39, 0.29) is 17.8 Å². The third-order valence-corrected chi connectivity index (χ3v) is 5.12.